The van der Waals surface area contributed by atoms with Gasteiger partial charge < -0.3 is 19.9 Å². The van der Waals surface area contributed by atoms with Gasteiger partial charge in [-0.2, -0.15) is 0 Å². The normalized spacial score (nSPS) is 15.9. The molecule has 4 rings (SSSR count). The van der Waals surface area contributed by atoms with Gasteiger partial charge in [0.2, 0.25) is 0 Å². The summed E-state index contributed by atoms with van der Waals surface area (Å²) in [6.07, 6.45) is 2.05. The van der Waals surface area contributed by atoms with Gasteiger partial charge in [-0.15, -0.1) is 0 Å². The number of nitrogens with zero attached hydrogens (tertiary/aromatic N) is 1. The number of thiocarbonyl (C=S) groups is 1. The molecule has 7 heteroatoms. The van der Waals surface area contributed by atoms with Crippen molar-refractivity contribution in [2.45, 2.75) is 39.3 Å². The van der Waals surface area contributed by atoms with Gasteiger partial charge in [-0.25, -0.2) is 4.39 Å². The van der Waals surface area contributed by atoms with E-state index in [2.05, 4.69) is 23.3 Å². The molecule has 0 radical (unpaired) electrons. The van der Waals surface area contributed by atoms with Gasteiger partial charge in [-0.1, -0.05) is 0 Å². The maximum atomic E-state index is 13.2. The largest absolute Gasteiger partial charge is 0.376 e. The first-order chi connectivity index (χ1) is 14.9. The van der Waals surface area contributed by atoms with Gasteiger partial charge in [-0.3, -0.25) is 4.79 Å². The number of pyridine rings is 1. The number of halogens is 1. The van der Waals surface area contributed by atoms with E-state index in [9.17, 15) is 9.18 Å². The maximum Gasteiger partial charge on any atom is 0.253 e. The quantitative estimate of drug-likeness (QED) is 0.566. The lowest BCUT2D eigenvalue weighted by Crippen LogP contribution is -2.40. The smallest absolute Gasteiger partial charge is 0.253 e. The number of hydrogen-bond donors (Lipinski definition) is 2. The van der Waals surface area contributed by atoms with Crippen molar-refractivity contribution in [2.75, 3.05) is 18.5 Å². The molecule has 0 unspecified atom stereocenters. The maximum absolute atomic E-state index is 13.2. The lowest BCUT2D eigenvalue weighted by molar-refractivity contribution is 0.0904. The molecule has 1 aromatic heterocycles. The molecule has 3 aromatic rings. The summed E-state index contributed by atoms with van der Waals surface area (Å²) in [6.45, 7) is 5.77. The zero-order valence-corrected chi connectivity index (χ0v) is 18.5. The Hall–Kier alpha value is -2.77. The third-order valence-corrected chi connectivity index (χ3v) is 6.09. The average Bonchev–Trinajstić information content (AvgIpc) is 3.24. The number of hydrogen-bond acceptors (Lipinski definition) is 3. The van der Waals surface area contributed by atoms with Crippen molar-refractivity contribution in [1.29, 1.82) is 0 Å². The molecule has 2 heterocycles. The zero-order valence-electron chi connectivity index (χ0n) is 17.7. The van der Waals surface area contributed by atoms with Crippen LogP contribution in [0.1, 0.15) is 29.5 Å². The van der Waals surface area contributed by atoms with E-state index in [1.165, 1.54) is 17.7 Å². The summed E-state index contributed by atoms with van der Waals surface area (Å²) >= 11 is 5.65. The Morgan fingerprint density at radius 1 is 1.23 bits per heavy atom. The molecule has 0 aliphatic carbocycles. The minimum Gasteiger partial charge on any atom is -0.376 e. The standard InChI is InChI=1S/C24H26FN3O2S/c1-15-10-17-12-18(23(29)27-22(17)11-16(15)2)13-28(14-21-4-3-9-30-21)24(31)26-20-7-5-19(25)6-8-20/h5-8,10-12,21H,3-4,9,13-14H2,1-2H3,(H,26,31)(H,27,29)/t21-/m1/s1. The predicted octanol–water partition coefficient (Wildman–Crippen LogP) is 4.66. The molecule has 162 valence electrons. The molecule has 31 heavy (non-hydrogen) atoms. The molecule has 2 N–H and O–H groups in total. The van der Waals surface area contributed by atoms with Crippen molar-refractivity contribution in [3.8, 4) is 0 Å². The van der Waals surface area contributed by atoms with E-state index in [1.54, 1.807) is 12.1 Å². The van der Waals surface area contributed by atoms with Crippen molar-refractivity contribution < 1.29 is 9.13 Å². The van der Waals surface area contributed by atoms with Gasteiger partial charge >= 0.3 is 0 Å². The second-order valence-electron chi connectivity index (χ2n) is 8.10. The fourth-order valence-electron chi connectivity index (χ4n) is 3.83. The number of rotatable bonds is 5. The highest BCUT2D eigenvalue weighted by Gasteiger charge is 2.22. The van der Waals surface area contributed by atoms with E-state index in [4.69, 9.17) is 17.0 Å². The van der Waals surface area contributed by atoms with Crippen LogP contribution in [-0.2, 0) is 11.3 Å². The summed E-state index contributed by atoms with van der Waals surface area (Å²) in [5.41, 5.74) is 4.35. The molecule has 0 amide bonds. The third-order valence-electron chi connectivity index (χ3n) is 5.73. The van der Waals surface area contributed by atoms with Crippen molar-refractivity contribution in [1.82, 2.24) is 9.88 Å². The van der Waals surface area contributed by atoms with Crippen LogP contribution in [0, 0.1) is 19.7 Å². The van der Waals surface area contributed by atoms with Crippen LogP contribution < -0.4 is 10.9 Å². The second kappa shape index (κ2) is 9.16. The van der Waals surface area contributed by atoms with E-state index < -0.39 is 0 Å². The fraction of sp³-hybridized carbons (Fsp3) is 0.333. The summed E-state index contributed by atoms with van der Waals surface area (Å²) in [4.78, 5) is 17.8. The van der Waals surface area contributed by atoms with Gasteiger partial charge in [0.25, 0.3) is 5.56 Å². The lowest BCUT2D eigenvalue weighted by Gasteiger charge is -2.28. The highest BCUT2D eigenvalue weighted by Crippen LogP contribution is 2.20. The van der Waals surface area contributed by atoms with Gasteiger partial charge in [0.1, 0.15) is 5.82 Å². The van der Waals surface area contributed by atoms with Crippen LogP contribution in [0.4, 0.5) is 10.1 Å². The summed E-state index contributed by atoms with van der Waals surface area (Å²) in [5.74, 6) is -0.305. The number of anilines is 1. The average molecular weight is 440 g/mol. The topological polar surface area (TPSA) is 57.4 Å². The van der Waals surface area contributed by atoms with E-state index in [0.29, 0.717) is 29.5 Å². The third kappa shape index (κ3) is 5.11. The summed E-state index contributed by atoms with van der Waals surface area (Å²) in [6, 6.07) is 12.1. The van der Waals surface area contributed by atoms with Crippen LogP contribution >= 0.6 is 12.2 Å². The number of nitrogens with one attached hydrogen (secondary N) is 2. The molecule has 1 atom stereocenters. The molecular weight excluding hydrogens is 413 g/mol. The molecule has 5 nitrogen and oxygen atoms in total. The molecule has 0 spiro atoms. The second-order valence-corrected chi connectivity index (χ2v) is 8.49. The molecule has 1 aliphatic rings. The first-order valence-corrected chi connectivity index (χ1v) is 10.9. The van der Waals surface area contributed by atoms with Crippen LogP contribution in [0.15, 0.2) is 47.3 Å². The number of fused-ring (bicyclic) bond motifs is 1. The molecule has 0 bridgehead atoms. The minimum atomic E-state index is -0.305. The number of aromatic nitrogens is 1. The molecule has 1 saturated heterocycles. The van der Waals surface area contributed by atoms with Crippen molar-refractivity contribution in [2.24, 2.45) is 0 Å². The van der Waals surface area contributed by atoms with E-state index in [1.807, 2.05) is 24.0 Å². The van der Waals surface area contributed by atoms with Crippen LogP contribution in [0.2, 0.25) is 0 Å². The number of aromatic amines is 1. The monoisotopic (exact) mass is 439 g/mol. The van der Waals surface area contributed by atoms with E-state index in [0.717, 1.165) is 35.9 Å². The Bertz CT molecular complexity index is 1150. The SMILES string of the molecule is Cc1cc2cc(CN(C[C@H]3CCCO3)C(=S)Nc3ccc(F)cc3)c(=O)[nH]c2cc1C. The highest BCUT2D eigenvalue weighted by atomic mass is 32.1. The van der Waals surface area contributed by atoms with E-state index in [-0.39, 0.29) is 17.5 Å². The van der Waals surface area contributed by atoms with Gasteiger partial charge in [0.15, 0.2) is 5.11 Å². The minimum absolute atomic E-state index is 0.0670. The zero-order chi connectivity index (χ0) is 22.0. The molecule has 1 aliphatic heterocycles. The molecule has 0 saturated carbocycles. The van der Waals surface area contributed by atoms with Crippen molar-refractivity contribution >= 4 is 33.9 Å². The van der Waals surface area contributed by atoms with Crippen molar-refractivity contribution in [3.63, 3.8) is 0 Å². The Labute approximate surface area is 186 Å². The Kier molecular flexibility index (Phi) is 6.34. The Morgan fingerprint density at radius 2 is 1.97 bits per heavy atom. The predicted molar refractivity (Wildman–Crippen MR) is 126 cm³/mol. The molecule has 1 fully saturated rings. The first-order valence-electron chi connectivity index (χ1n) is 10.5. The van der Waals surface area contributed by atoms with Gasteiger partial charge in [-0.05, 0) is 97.9 Å². The van der Waals surface area contributed by atoms with Crippen LogP contribution in [0.25, 0.3) is 10.9 Å². The van der Waals surface area contributed by atoms with Crippen LogP contribution in [0.5, 0.6) is 0 Å². The van der Waals surface area contributed by atoms with Gasteiger partial charge in [0.05, 0.1) is 12.6 Å². The van der Waals surface area contributed by atoms with Crippen LogP contribution in [0.3, 0.4) is 0 Å². The summed E-state index contributed by atoms with van der Waals surface area (Å²) in [7, 11) is 0. The number of benzene rings is 2. The number of H-pyrrole nitrogens is 1. The van der Waals surface area contributed by atoms with Crippen molar-refractivity contribution in [3.05, 3.63) is 75.3 Å². The Morgan fingerprint density at radius 3 is 2.68 bits per heavy atom. The van der Waals surface area contributed by atoms with Crippen LogP contribution in [-0.4, -0.2) is 34.3 Å². The number of aryl methyl sites for hydroxylation is 2. The molecule has 2 aromatic carbocycles. The van der Waals surface area contributed by atoms with E-state index >= 15 is 0 Å². The molecular formula is C24H26FN3O2S. The Balaban J connectivity index is 1.61. The fourth-order valence-corrected chi connectivity index (χ4v) is 4.09. The summed E-state index contributed by atoms with van der Waals surface area (Å²) < 4.78 is 19.0. The lowest BCUT2D eigenvalue weighted by atomic mass is 10.0. The number of ether oxygens (including phenoxy) is 1. The van der Waals surface area contributed by atoms with Gasteiger partial charge in [0, 0.05) is 29.9 Å². The highest BCUT2D eigenvalue weighted by molar-refractivity contribution is 7.80. The summed E-state index contributed by atoms with van der Waals surface area (Å²) in [5, 5.41) is 4.63. The first kappa shape index (κ1) is 21.5.